The van der Waals surface area contributed by atoms with Gasteiger partial charge in [0.05, 0.1) is 0 Å². The van der Waals surface area contributed by atoms with Gasteiger partial charge in [-0.3, -0.25) is 0 Å². The largest absolute Gasteiger partial charge is 0.508 e. The van der Waals surface area contributed by atoms with Crippen LogP contribution in [0.4, 0.5) is 0 Å². The molecule has 2 rings (SSSR count). The van der Waals surface area contributed by atoms with Gasteiger partial charge in [0.15, 0.2) is 0 Å². The molecule has 0 amide bonds. The van der Waals surface area contributed by atoms with E-state index >= 15 is 0 Å². The molecule has 0 atom stereocenters. The maximum Gasteiger partial charge on any atom is 0.118 e. The number of nitrogens with one attached hydrogen (secondary N) is 1. The SMILES string of the molecule is Br.Cc1c(O)ccc2c1CCNCC2. The number of benzene rings is 1. The first-order valence-electron chi connectivity index (χ1n) is 4.80. The van der Waals surface area contributed by atoms with Crippen molar-refractivity contribution in [3.63, 3.8) is 0 Å². The monoisotopic (exact) mass is 257 g/mol. The molecule has 2 nitrogen and oxygen atoms in total. The maximum atomic E-state index is 9.55. The molecule has 3 heteroatoms. The van der Waals surface area contributed by atoms with Crippen LogP contribution in [0.2, 0.25) is 0 Å². The van der Waals surface area contributed by atoms with E-state index in [0.717, 1.165) is 31.5 Å². The fourth-order valence-corrected chi connectivity index (χ4v) is 1.94. The molecule has 1 aliphatic heterocycles. The van der Waals surface area contributed by atoms with Crippen molar-refractivity contribution >= 4 is 17.0 Å². The number of phenols is 1. The van der Waals surface area contributed by atoms with Gasteiger partial charge in [-0.1, -0.05) is 6.07 Å². The summed E-state index contributed by atoms with van der Waals surface area (Å²) in [6.45, 7) is 4.08. The zero-order valence-electron chi connectivity index (χ0n) is 8.34. The van der Waals surface area contributed by atoms with Crippen LogP contribution in [0.5, 0.6) is 5.75 Å². The van der Waals surface area contributed by atoms with E-state index in [0.29, 0.717) is 5.75 Å². The second-order valence-corrected chi connectivity index (χ2v) is 3.60. The number of phenolic OH excluding ortho intramolecular Hbond substituents is 1. The lowest BCUT2D eigenvalue weighted by Gasteiger charge is -2.09. The molecule has 0 saturated carbocycles. The van der Waals surface area contributed by atoms with Gasteiger partial charge in [0.1, 0.15) is 5.75 Å². The summed E-state index contributed by atoms with van der Waals surface area (Å²) in [6, 6.07) is 3.85. The van der Waals surface area contributed by atoms with Crippen molar-refractivity contribution in [3.8, 4) is 5.75 Å². The highest BCUT2D eigenvalue weighted by Gasteiger charge is 2.11. The van der Waals surface area contributed by atoms with Crippen LogP contribution in [0.1, 0.15) is 16.7 Å². The third-order valence-electron chi connectivity index (χ3n) is 2.79. The Morgan fingerprint density at radius 1 is 1.21 bits per heavy atom. The van der Waals surface area contributed by atoms with E-state index in [2.05, 4.69) is 5.32 Å². The molecule has 0 radical (unpaired) electrons. The Hall–Kier alpha value is -0.540. The first-order valence-corrected chi connectivity index (χ1v) is 4.80. The summed E-state index contributed by atoms with van der Waals surface area (Å²) in [6.07, 6.45) is 2.12. The smallest absolute Gasteiger partial charge is 0.118 e. The average Bonchev–Trinajstić information content (AvgIpc) is 2.36. The quantitative estimate of drug-likeness (QED) is 0.745. The molecule has 0 fully saturated rings. The summed E-state index contributed by atoms with van der Waals surface area (Å²) in [4.78, 5) is 0. The Morgan fingerprint density at radius 2 is 1.93 bits per heavy atom. The summed E-state index contributed by atoms with van der Waals surface area (Å²) < 4.78 is 0. The topological polar surface area (TPSA) is 32.3 Å². The normalized spacial score (nSPS) is 15.2. The Kier molecular flexibility index (Phi) is 3.96. The summed E-state index contributed by atoms with van der Waals surface area (Å²) in [5, 5.41) is 12.9. The average molecular weight is 258 g/mol. The number of halogens is 1. The summed E-state index contributed by atoms with van der Waals surface area (Å²) >= 11 is 0. The predicted octanol–water partition coefficient (Wildman–Crippen LogP) is 1.97. The molecule has 0 aromatic heterocycles. The molecule has 0 unspecified atom stereocenters. The van der Waals surface area contributed by atoms with Gasteiger partial charge in [0, 0.05) is 0 Å². The highest BCUT2D eigenvalue weighted by atomic mass is 79.9. The number of fused-ring (bicyclic) bond motifs is 1. The number of hydrogen-bond acceptors (Lipinski definition) is 2. The lowest BCUT2D eigenvalue weighted by atomic mass is 9.97. The van der Waals surface area contributed by atoms with E-state index in [9.17, 15) is 5.11 Å². The van der Waals surface area contributed by atoms with E-state index in [4.69, 9.17) is 0 Å². The molecule has 14 heavy (non-hydrogen) atoms. The highest BCUT2D eigenvalue weighted by Crippen LogP contribution is 2.25. The minimum Gasteiger partial charge on any atom is -0.508 e. The summed E-state index contributed by atoms with van der Waals surface area (Å²) in [7, 11) is 0. The highest BCUT2D eigenvalue weighted by molar-refractivity contribution is 8.93. The van der Waals surface area contributed by atoms with Crippen LogP contribution in [0, 0.1) is 6.92 Å². The van der Waals surface area contributed by atoms with E-state index in [1.54, 1.807) is 6.07 Å². The van der Waals surface area contributed by atoms with Crippen molar-refractivity contribution < 1.29 is 5.11 Å². The standard InChI is InChI=1S/C11H15NO.BrH/c1-8-10-5-7-12-6-4-9(10)2-3-11(8)13;/h2-3,12-13H,4-7H2,1H3;1H. The zero-order valence-corrected chi connectivity index (χ0v) is 10.1. The fraction of sp³-hybridized carbons (Fsp3) is 0.455. The van der Waals surface area contributed by atoms with Crippen LogP contribution in [-0.2, 0) is 12.8 Å². The Balaban J connectivity index is 0.000000980. The van der Waals surface area contributed by atoms with Crippen molar-refractivity contribution in [3.05, 3.63) is 28.8 Å². The number of aromatic hydroxyl groups is 1. The summed E-state index contributed by atoms with van der Waals surface area (Å²) in [5.41, 5.74) is 3.78. The van der Waals surface area contributed by atoms with Gasteiger partial charge in [0.25, 0.3) is 0 Å². The van der Waals surface area contributed by atoms with Gasteiger partial charge < -0.3 is 10.4 Å². The van der Waals surface area contributed by atoms with Crippen LogP contribution in [0.3, 0.4) is 0 Å². The van der Waals surface area contributed by atoms with Crippen molar-refractivity contribution in [1.82, 2.24) is 5.32 Å². The molecule has 0 spiro atoms. The lowest BCUT2D eigenvalue weighted by molar-refractivity contribution is 0.470. The van der Waals surface area contributed by atoms with Gasteiger partial charge in [-0.05, 0) is 55.6 Å². The van der Waals surface area contributed by atoms with Crippen LogP contribution < -0.4 is 5.32 Å². The Labute approximate surface area is 95.1 Å². The van der Waals surface area contributed by atoms with E-state index in [-0.39, 0.29) is 17.0 Å². The molecule has 0 saturated heterocycles. The molecule has 0 bridgehead atoms. The first-order chi connectivity index (χ1) is 6.29. The fourth-order valence-electron chi connectivity index (χ4n) is 1.94. The minimum absolute atomic E-state index is 0. The summed E-state index contributed by atoms with van der Waals surface area (Å²) in [5.74, 6) is 0.431. The van der Waals surface area contributed by atoms with Crippen molar-refractivity contribution in [2.45, 2.75) is 19.8 Å². The van der Waals surface area contributed by atoms with Crippen molar-refractivity contribution in [1.29, 1.82) is 0 Å². The molecule has 78 valence electrons. The predicted molar refractivity (Wildman–Crippen MR) is 63.4 cm³/mol. The molecule has 1 aromatic rings. The Morgan fingerprint density at radius 3 is 2.71 bits per heavy atom. The third kappa shape index (κ3) is 2.10. The first kappa shape index (κ1) is 11.5. The van der Waals surface area contributed by atoms with Crippen LogP contribution in [0.25, 0.3) is 0 Å². The van der Waals surface area contributed by atoms with E-state index in [1.165, 1.54) is 11.1 Å². The van der Waals surface area contributed by atoms with E-state index < -0.39 is 0 Å². The van der Waals surface area contributed by atoms with Crippen LogP contribution in [0.15, 0.2) is 12.1 Å². The van der Waals surface area contributed by atoms with Gasteiger partial charge in [-0.2, -0.15) is 0 Å². The van der Waals surface area contributed by atoms with Crippen molar-refractivity contribution in [2.75, 3.05) is 13.1 Å². The minimum atomic E-state index is 0. The molecule has 1 heterocycles. The Bertz CT molecular complexity index is 325. The van der Waals surface area contributed by atoms with Crippen LogP contribution in [-0.4, -0.2) is 18.2 Å². The van der Waals surface area contributed by atoms with Gasteiger partial charge in [-0.15, -0.1) is 17.0 Å². The van der Waals surface area contributed by atoms with E-state index in [1.807, 2.05) is 13.0 Å². The molecular formula is C11H16BrNO. The van der Waals surface area contributed by atoms with Gasteiger partial charge in [0.2, 0.25) is 0 Å². The number of hydrogen-bond donors (Lipinski definition) is 2. The second-order valence-electron chi connectivity index (χ2n) is 3.60. The van der Waals surface area contributed by atoms with Gasteiger partial charge >= 0.3 is 0 Å². The molecule has 1 aliphatic rings. The molecule has 1 aromatic carbocycles. The lowest BCUT2D eigenvalue weighted by Crippen LogP contribution is -2.16. The van der Waals surface area contributed by atoms with Gasteiger partial charge in [-0.25, -0.2) is 0 Å². The van der Waals surface area contributed by atoms with Crippen molar-refractivity contribution in [2.24, 2.45) is 0 Å². The zero-order chi connectivity index (χ0) is 9.26. The maximum absolute atomic E-state index is 9.55. The third-order valence-corrected chi connectivity index (χ3v) is 2.79. The molecular weight excluding hydrogens is 242 g/mol. The molecule has 2 N–H and O–H groups in total. The van der Waals surface area contributed by atoms with Crippen LogP contribution >= 0.6 is 17.0 Å². The number of rotatable bonds is 0. The second kappa shape index (κ2) is 4.80. The molecule has 0 aliphatic carbocycles.